The zero-order valence-corrected chi connectivity index (χ0v) is 21.5. The second kappa shape index (κ2) is 9.71. The fourth-order valence-electron chi connectivity index (χ4n) is 5.91. The Morgan fingerprint density at radius 1 is 1.18 bits per heavy atom. The molecule has 0 bridgehead atoms. The lowest BCUT2D eigenvalue weighted by atomic mass is 9.75. The van der Waals surface area contributed by atoms with Gasteiger partial charge in [-0.3, -0.25) is 9.69 Å². The number of alkyl halides is 4. The van der Waals surface area contributed by atoms with Crippen molar-refractivity contribution < 1.29 is 27.1 Å². The summed E-state index contributed by atoms with van der Waals surface area (Å²) in [6.07, 6.45) is -2.27. The summed E-state index contributed by atoms with van der Waals surface area (Å²) >= 11 is 0. The Morgan fingerprint density at radius 2 is 2.00 bits per heavy atom. The van der Waals surface area contributed by atoms with Crippen LogP contribution in [0, 0.1) is 0 Å². The molecule has 1 atom stereocenters. The molecular formula is C28H29F4N5O2. The summed E-state index contributed by atoms with van der Waals surface area (Å²) in [5.41, 5.74) is 0.698. The average Bonchev–Trinajstić information content (AvgIpc) is 3.43. The van der Waals surface area contributed by atoms with Crippen molar-refractivity contribution in [2.75, 3.05) is 31.2 Å². The van der Waals surface area contributed by atoms with Crippen LogP contribution in [0.25, 0.3) is 0 Å². The van der Waals surface area contributed by atoms with Gasteiger partial charge in [0.05, 0.1) is 25.3 Å². The summed E-state index contributed by atoms with van der Waals surface area (Å²) in [4.78, 5) is 16.8. The average molecular weight is 544 g/mol. The number of rotatable bonds is 6. The molecule has 1 amide bonds. The van der Waals surface area contributed by atoms with E-state index in [0.717, 1.165) is 17.5 Å². The fraction of sp³-hybridized carbons (Fsp3) is 0.464. The molecule has 2 saturated heterocycles. The highest BCUT2D eigenvalue weighted by Gasteiger charge is 2.43. The molecular weight excluding hydrogens is 514 g/mol. The van der Waals surface area contributed by atoms with Gasteiger partial charge in [-0.15, -0.1) is 10.2 Å². The predicted molar refractivity (Wildman–Crippen MR) is 135 cm³/mol. The highest BCUT2D eigenvalue weighted by molar-refractivity contribution is 6.10. The third kappa shape index (κ3) is 4.82. The minimum Gasteiger partial charge on any atom is -0.379 e. The molecule has 0 spiro atoms. The van der Waals surface area contributed by atoms with Crippen LogP contribution in [0.15, 0.2) is 42.7 Å². The SMILES string of the molecule is Cn1cnnc1CC1(c2cccc(N3Cc4c(cc(CN5CCCC(F)C5)cc4C(F)(F)F)C3=O)c2)COC1. The quantitative estimate of drug-likeness (QED) is 0.431. The Kier molecular flexibility index (Phi) is 6.46. The number of aryl methyl sites for hydroxylation is 1. The number of halogens is 4. The van der Waals surface area contributed by atoms with Crippen molar-refractivity contribution in [1.29, 1.82) is 0 Å². The first-order valence-corrected chi connectivity index (χ1v) is 13.1. The van der Waals surface area contributed by atoms with E-state index in [1.54, 1.807) is 18.5 Å². The zero-order chi connectivity index (χ0) is 27.4. The fourth-order valence-corrected chi connectivity index (χ4v) is 5.91. The topological polar surface area (TPSA) is 63.5 Å². The number of anilines is 1. The molecule has 6 rings (SSSR count). The number of piperidine rings is 1. The number of carbonyl (C=O) groups excluding carboxylic acids is 1. The normalized spacial score (nSPS) is 21.2. The molecule has 7 nitrogen and oxygen atoms in total. The van der Waals surface area contributed by atoms with Crippen molar-refractivity contribution >= 4 is 11.6 Å². The molecule has 0 aliphatic carbocycles. The first-order valence-electron chi connectivity index (χ1n) is 13.1. The van der Waals surface area contributed by atoms with Crippen molar-refractivity contribution in [3.63, 3.8) is 0 Å². The number of fused-ring (bicyclic) bond motifs is 1. The summed E-state index contributed by atoms with van der Waals surface area (Å²) in [7, 11) is 1.87. The zero-order valence-electron chi connectivity index (χ0n) is 21.5. The van der Waals surface area contributed by atoms with E-state index in [1.807, 2.05) is 34.7 Å². The van der Waals surface area contributed by atoms with Crippen LogP contribution in [0.5, 0.6) is 0 Å². The Morgan fingerprint density at radius 3 is 2.67 bits per heavy atom. The first-order chi connectivity index (χ1) is 18.6. The van der Waals surface area contributed by atoms with Gasteiger partial charge in [-0.05, 0) is 60.3 Å². The second-order valence-corrected chi connectivity index (χ2v) is 10.9. The van der Waals surface area contributed by atoms with E-state index in [9.17, 15) is 22.4 Å². The number of carbonyl (C=O) groups is 1. The number of nitrogens with zero attached hydrogens (tertiary/aromatic N) is 5. The van der Waals surface area contributed by atoms with Crippen molar-refractivity contribution in [1.82, 2.24) is 19.7 Å². The molecule has 4 heterocycles. The van der Waals surface area contributed by atoms with E-state index < -0.39 is 23.8 Å². The van der Waals surface area contributed by atoms with Crippen LogP contribution in [-0.4, -0.2) is 58.0 Å². The van der Waals surface area contributed by atoms with Gasteiger partial charge in [0.25, 0.3) is 5.91 Å². The molecule has 11 heteroatoms. The number of ether oxygens (including phenoxy) is 1. The molecule has 39 heavy (non-hydrogen) atoms. The second-order valence-electron chi connectivity index (χ2n) is 10.9. The predicted octanol–water partition coefficient (Wildman–Crippen LogP) is 4.44. The van der Waals surface area contributed by atoms with Crippen LogP contribution in [0.4, 0.5) is 23.2 Å². The smallest absolute Gasteiger partial charge is 0.379 e. The maximum atomic E-state index is 14.2. The van der Waals surface area contributed by atoms with Crippen molar-refractivity contribution in [2.45, 2.75) is 50.1 Å². The van der Waals surface area contributed by atoms with Gasteiger partial charge in [-0.25, -0.2) is 4.39 Å². The summed E-state index contributed by atoms with van der Waals surface area (Å²) < 4.78 is 63.8. The maximum Gasteiger partial charge on any atom is 0.416 e. The van der Waals surface area contributed by atoms with Crippen LogP contribution in [-0.2, 0) is 42.9 Å². The van der Waals surface area contributed by atoms with E-state index in [1.165, 1.54) is 4.90 Å². The van der Waals surface area contributed by atoms with Gasteiger partial charge < -0.3 is 14.2 Å². The van der Waals surface area contributed by atoms with Crippen molar-refractivity contribution in [3.8, 4) is 0 Å². The number of aromatic nitrogens is 3. The summed E-state index contributed by atoms with van der Waals surface area (Å²) in [6, 6.07) is 10.0. The first kappa shape index (κ1) is 25.9. The van der Waals surface area contributed by atoms with Crippen LogP contribution in [0.2, 0.25) is 0 Å². The van der Waals surface area contributed by atoms with Crippen LogP contribution in [0.3, 0.4) is 0 Å². The summed E-state index contributed by atoms with van der Waals surface area (Å²) in [6.45, 7) is 1.74. The van der Waals surface area contributed by atoms with Crippen LogP contribution >= 0.6 is 0 Å². The number of benzene rings is 2. The van der Waals surface area contributed by atoms with Gasteiger partial charge in [0.2, 0.25) is 0 Å². The van der Waals surface area contributed by atoms with Gasteiger partial charge in [-0.2, -0.15) is 13.2 Å². The molecule has 2 fully saturated rings. The molecule has 0 N–H and O–H groups in total. The van der Waals surface area contributed by atoms with Crippen molar-refractivity contribution in [2.24, 2.45) is 7.05 Å². The molecule has 3 aliphatic heterocycles. The molecule has 1 aromatic heterocycles. The molecule has 206 valence electrons. The van der Waals surface area contributed by atoms with Gasteiger partial charge >= 0.3 is 6.18 Å². The van der Waals surface area contributed by atoms with Gasteiger partial charge in [0.1, 0.15) is 18.3 Å². The molecule has 0 saturated carbocycles. The lowest BCUT2D eigenvalue weighted by molar-refractivity contribution is -0.138. The number of likely N-dealkylation sites (tertiary alicyclic amines) is 1. The number of hydrogen-bond donors (Lipinski definition) is 0. The highest BCUT2D eigenvalue weighted by Crippen LogP contribution is 2.42. The Labute approximate surface area is 223 Å². The van der Waals surface area contributed by atoms with E-state index >= 15 is 0 Å². The lowest BCUT2D eigenvalue weighted by Gasteiger charge is -2.42. The Hall–Kier alpha value is -3.31. The number of hydrogen-bond acceptors (Lipinski definition) is 5. The van der Waals surface area contributed by atoms with Gasteiger partial charge in [-0.1, -0.05) is 12.1 Å². The van der Waals surface area contributed by atoms with Crippen LogP contribution < -0.4 is 4.90 Å². The van der Waals surface area contributed by atoms with E-state index in [0.29, 0.717) is 50.3 Å². The Bertz CT molecular complexity index is 1400. The van der Waals surface area contributed by atoms with E-state index in [4.69, 9.17) is 4.74 Å². The highest BCUT2D eigenvalue weighted by atomic mass is 19.4. The minimum atomic E-state index is -4.62. The molecule has 3 aliphatic rings. The molecule has 3 aromatic rings. The molecule has 0 radical (unpaired) electrons. The third-order valence-electron chi connectivity index (χ3n) is 8.09. The summed E-state index contributed by atoms with van der Waals surface area (Å²) in [5.74, 6) is 0.326. The van der Waals surface area contributed by atoms with Crippen LogP contribution in [0.1, 0.15) is 51.3 Å². The summed E-state index contributed by atoms with van der Waals surface area (Å²) in [5, 5.41) is 8.15. The third-order valence-corrected chi connectivity index (χ3v) is 8.09. The molecule has 1 unspecified atom stereocenters. The van der Waals surface area contributed by atoms with E-state index in [-0.39, 0.29) is 36.2 Å². The molecule has 2 aromatic carbocycles. The largest absolute Gasteiger partial charge is 0.416 e. The Balaban J connectivity index is 1.31. The monoisotopic (exact) mass is 543 g/mol. The van der Waals surface area contributed by atoms with Gasteiger partial charge in [0.15, 0.2) is 0 Å². The minimum absolute atomic E-state index is 0.0237. The van der Waals surface area contributed by atoms with Crippen molar-refractivity contribution in [3.05, 3.63) is 76.4 Å². The number of amides is 1. The lowest BCUT2D eigenvalue weighted by Crippen LogP contribution is -2.49. The standard InChI is InChI=1S/C28H29F4N5O2/c1-35-17-33-34-25(35)11-27(15-39-16-27)19-4-2-6-21(10-19)37-14-23-22(26(37)38)8-18(9-24(23)28(30,31)32)12-36-7-3-5-20(29)13-36/h2,4,6,8-10,17,20H,3,5,7,11-16H2,1H3. The van der Waals surface area contributed by atoms with E-state index in [2.05, 4.69) is 10.2 Å². The maximum absolute atomic E-state index is 14.2. The van der Waals surface area contributed by atoms with Gasteiger partial charge in [0, 0.05) is 43.2 Å².